The second-order valence-electron chi connectivity index (χ2n) is 14.7. The summed E-state index contributed by atoms with van der Waals surface area (Å²) in [6, 6.07) is 0. The van der Waals surface area contributed by atoms with Crippen molar-refractivity contribution in [2.75, 3.05) is 0 Å². The maximum atomic E-state index is 11.9. The van der Waals surface area contributed by atoms with Crippen LogP contribution < -0.4 is 0 Å². The Morgan fingerprint density at radius 3 is 2.18 bits per heavy atom. The van der Waals surface area contributed by atoms with Crippen LogP contribution in [0.5, 0.6) is 0 Å². The van der Waals surface area contributed by atoms with Crippen molar-refractivity contribution < 1.29 is 14.6 Å². The van der Waals surface area contributed by atoms with E-state index in [0.29, 0.717) is 35.0 Å². The predicted octanol–water partition coefficient (Wildman–Crippen LogP) is 7.32. The minimum absolute atomic E-state index is 0.0150. The lowest BCUT2D eigenvalue weighted by atomic mass is 9.33. The number of ether oxygens (including phenoxy) is 1. The lowest BCUT2D eigenvalue weighted by Crippen LogP contribution is -2.67. The predicted molar refractivity (Wildman–Crippen MR) is 137 cm³/mol. The molecule has 0 aliphatic heterocycles. The Labute approximate surface area is 208 Å². The average molecular weight is 471 g/mol. The quantitative estimate of drug-likeness (QED) is 0.340. The van der Waals surface area contributed by atoms with Crippen molar-refractivity contribution in [3.63, 3.8) is 0 Å². The fourth-order valence-electron chi connectivity index (χ4n) is 11.5. The average Bonchev–Trinajstić information content (AvgIpc) is 3.08. The second kappa shape index (κ2) is 7.59. The third-order valence-electron chi connectivity index (χ3n) is 13.3. The molecule has 5 rings (SSSR count). The van der Waals surface area contributed by atoms with E-state index in [-0.39, 0.29) is 28.3 Å². The van der Waals surface area contributed by atoms with Crippen molar-refractivity contribution >= 4 is 5.97 Å². The van der Waals surface area contributed by atoms with E-state index in [0.717, 1.165) is 25.7 Å². The minimum atomic E-state index is -0.470. The van der Waals surface area contributed by atoms with Gasteiger partial charge in [-0.05, 0) is 117 Å². The van der Waals surface area contributed by atoms with Gasteiger partial charge < -0.3 is 9.84 Å². The number of hydrogen-bond donors (Lipinski definition) is 1. The smallest absolute Gasteiger partial charge is 0.302 e. The van der Waals surface area contributed by atoms with Crippen LogP contribution in [0.4, 0.5) is 0 Å². The summed E-state index contributed by atoms with van der Waals surface area (Å²) in [7, 11) is 0. The fourth-order valence-corrected chi connectivity index (χ4v) is 11.5. The number of carbonyl (C=O) groups is 1. The van der Waals surface area contributed by atoms with Gasteiger partial charge >= 0.3 is 5.97 Å². The summed E-state index contributed by atoms with van der Waals surface area (Å²) in [6.45, 7) is 20.7. The maximum Gasteiger partial charge on any atom is 0.302 e. The van der Waals surface area contributed by atoms with Crippen LogP contribution in [0.25, 0.3) is 0 Å². The van der Waals surface area contributed by atoms with E-state index >= 15 is 0 Å². The van der Waals surface area contributed by atoms with Gasteiger partial charge in [-0.3, -0.25) is 4.79 Å². The molecule has 0 aromatic carbocycles. The zero-order valence-electron chi connectivity index (χ0n) is 23.0. The Morgan fingerprint density at radius 1 is 0.824 bits per heavy atom. The highest BCUT2D eigenvalue weighted by Gasteiger charge is 2.71. The molecule has 192 valence electrons. The topological polar surface area (TPSA) is 46.5 Å². The van der Waals surface area contributed by atoms with Crippen molar-refractivity contribution in [3.05, 3.63) is 12.2 Å². The van der Waals surface area contributed by atoms with Crippen LogP contribution in [0.15, 0.2) is 12.2 Å². The number of carbonyl (C=O) groups excluding carboxylic acids is 1. The van der Waals surface area contributed by atoms with Gasteiger partial charge in [0, 0.05) is 12.3 Å². The Kier molecular flexibility index (Phi) is 5.55. The molecule has 5 aliphatic carbocycles. The van der Waals surface area contributed by atoms with Crippen molar-refractivity contribution in [2.45, 2.75) is 124 Å². The first-order valence-electron chi connectivity index (χ1n) is 14.3. The molecule has 5 fully saturated rings. The Bertz CT molecular complexity index is 876. The molecule has 0 radical (unpaired) electrons. The van der Waals surface area contributed by atoms with Gasteiger partial charge in [-0.25, -0.2) is 0 Å². The van der Waals surface area contributed by atoms with Crippen LogP contribution in [0.2, 0.25) is 0 Å². The number of aliphatic hydroxyl groups is 1. The highest BCUT2D eigenvalue weighted by Crippen LogP contribution is 2.76. The molecule has 0 saturated heterocycles. The number of allylic oxidation sites excluding steroid dienone is 1. The Hall–Kier alpha value is -0.830. The van der Waals surface area contributed by atoms with Crippen molar-refractivity contribution in [3.8, 4) is 0 Å². The molecule has 0 aromatic heterocycles. The van der Waals surface area contributed by atoms with Crippen LogP contribution in [0, 0.1) is 51.2 Å². The summed E-state index contributed by atoms with van der Waals surface area (Å²) in [4.78, 5) is 11.9. The molecule has 3 heteroatoms. The van der Waals surface area contributed by atoms with E-state index in [4.69, 9.17) is 4.74 Å². The van der Waals surface area contributed by atoms with Crippen LogP contribution >= 0.6 is 0 Å². The lowest BCUT2D eigenvalue weighted by Gasteiger charge is -2.72. The molecule has 10 atom stereocenters. The number of hydrogen-bond acceptors (Lipinski definition) is 3. The Morgan fingerprint density at radius 2 is 1.53 bits per heavy atom. The molecular formula is C31H50O3. The number of esters is 1. The molecule has 0 bridgehead atoms. The molecule has 0 aromatic rings. The van der Waals surface area contributed by atoms with E-state index in [1.165, 1.54) is 44.1 Å². The van der Waals surface area contributed by atoms with Crippen molar-refractivity contribution in [1.82, 2.24) is 0 Å². The van der Waals surface area contributed by atoms with E-state index < -0.39 is 5.60 Å². The zero-order valence-corrected chi connectivity index (χ0v) is 23.0. The second-order valence-corrected chi connectivity index (χ2v) is 14.7. The molecule has 0 spiro atoms. The fraction of sp³-hybridized carbons (Fsp3) is 0.903. The molecule has 5 aliphatic rings. The summed E-state index contributed by atoms with van der Waals surface area (Å²) < 4.78 is 5.89. The largest absolute Gasteiger partial charge is 0.462 e. The molecule has 1 N–H and O–H groups in total. The highest BCUT2D eigenvalue weighted by molar-refractivity contribution is 5.66. The first-order chi connectivity index (χ1) is 15.7. The molecular weight excluding hydrogens is 420 g/mol. The van der Waals surface area contributed by atoms with Crippen LogP contribution in [-0.2, 0) is 9.53 Å². The van der Waals surface area contributed by atoms with Gasteiger partial charge in [0.15, 0.2) is 0 Å². The monoisotopic (exact) mass is 470 g/mol. The summed E-state index contributed by atoms with van der Waals surface area (Å²) in [6.07, 6.45) is 11.5. The number of fused-ring (bicyclic) bond motifs is 7. The van der Waals surface area contributed by atoms with E-state index in [2.05, 4.69) is 48.1 Å². The van der Waals surface area contributed by atoms with Gasteiger partial charge in [-0.1, -0.05) is 46.8 Å². The van der Waals surface area contributed by atoms with E-state index in [9.17, 15) is 9.90 Å². The van der Waals surface area contributed by atoms with Gasteiger partial charge in [-0.15, -0.1) is 0 Å². The molecule has 3 unspecified atom stereocenters. The van der Waals surface area contributed by atoms with Gasteiger partial charge in [0.2, 0.25) is 0 Å². The molecule has 0 heterocycles. The molecule has 34 heavy (non-hydrogen) atoms. The molecule has 3 nitrogen and oxygen atoms in total. The summed E-state index contributed by atoms with van der Waals surface area (Å²) in [5, 5.41) is 11.8. The standard InChI is InChI=1S/C31H50O3/c1-19(2)21-11-16-31(33)18-17-29(7)22(26(21)31)9-10-24-28(6)14-13-25(34-20(3)32)27(4,5)23(28)12-15-30(24,29)8/h21-26,33H,1,9-18H2,2-8H3/t21-,22?,23?,24+,25-,26?,28-,29-,30+,31-/m0/s1. The van der Waals surface area contributed by atoms with Crippen molar-refractivity contribution in [2.24, 2.45) is 51.2 Å². The first kappa shape index (κ1) is 24.8. The Balaban J connectivity index is 1.50. The summed E-state index contributed by atoms with van der Waals surface area (Å²) in [5.41, 5.74) is 1.70. The summed E-state index contributed by atoms with van der Waals surface area (Å²) >= 11 is 0. The molecule has 0 amide bonds. The van der Waals surface area contributed by atoms with E-state index in [1.54, 1.807) is 6.92 Å². The van der Waals surface area contributed by atoms with Crippen molar-refractivity contribution in [1.29, 1.82) is 0 Å². The lowest BCUT2D eigenvalue weighted by molar-refractivity contribution is -0.255. The van der Waals surface area contributed by atoms with E-state index in [1.807, 2.05) is 0 Å². The normalized spacial score (nSPS) is 53.6. The van der Waals surface area contributed by atoms with Gasteiger partial charge in [0.1, 0.15) is 6.10 Å². The third kappa shape index (κ3) is 3.07. The SMILES string of the molecule is C=C(C)[C@@H]1CC[C@]2(O)CC[C@@]3(C)C(CC[C@@H]4[C@@]5(C)CC[C@H](OC(C)=O)C(C)(C)C5CC[C@]43C)C12. The van der Waals surface area contributed by atoms with Crippen LogP contribution in [0.1, 0.15) is 113 Å². The first-order valence-corrected chi connectivity index (χ1v) is 14.3. The number of rotatable bonds is 2. The minimum Gasteiger partial charge on any atom is -0.462 e. The summed E-state index contributed by atoms with van der Waals surface area (Å²) in [5.74, 6) is 2.64. The highest BCUT2D eigenvalue weighted by atomic mass is 16.5. The van der Waals surface area contributed by atoms with Crippen LogP contribution in [0.3, 0.4) is 0 Å². The van der Waals surface area contributed by atoms with Gasteiger partial charge in [-0.2, -0.15) is 0 Å². The maximum absolute atomic E-state index is 11.9. The third-order valence-corrected chi connectivity index (χ3v) is 13.3. The van der Waals surface area contributed by atoms with Crippen LogP contribution in [-0.4, -0.2) is 22.8 Å². The van der Waals surface area contributed by atoms with Gasteiger partial charge in [0.25, 0.3) is 0 Å². The molecule has 5 saturated carbocycles. The zero-order chi connectivity index (χ0) is 24.9. The van der Waals surface area contributed by atoms with Gasteiger partial charge in [0.05, 0.1) is 5.60 Å².